The van der Waals surface area contributed by atoms with Gasteiger partial charge in [-0.25, -0.2) is 9.18 Å². The molecule has 1 heterocycles. The molecule has 0 radical (unpaired) electrons. The molecule has 0 saturated carbocycles. The molecule has 1 aliphatic heterocycles. The number of carbonyl (C=O) groups is 2. The number of amides is 3. The Morgan fingerprint density at radius 3 is 2.67 bits per heavy atom. The third-order valence-electron chi connectivity index (χ3n) is 4.52. The zero-order chi connectivity index (χ0) is 19.4. The van der Waals surface area contributed by atoms with Crippen LogP contribution in [0.5, 0.6) is 5.75 Å². The summed E-state index contributed by atoms with van der Waals surface area (Å²) in [6, 6.07) is 12.5. The molecule has 142 valence electrons. The number of methoxy groups -OCH3 is 1. The Bertz CT molecular complexity index is 825. The van der Waals surface area contributed by atoms with Crippen LogP contribution in [-0.2, 0) is 4.79 Å². The second kappa shape index (κ2) is 8.07. The maximum Gasteiger partial charge on any atom is 0.322 e. The lowest BCUT2D eigenvalue weighted by molar-refractivity contribution is -0.117. The highest BCUT2D eigenvalue weighted by molar-refractivity contribution is 5.98. The molecule has 0 bridgehead atoms. The van der Waals surface area contributed by atoms with Gasteiger partial charge in [0.2, 0.25) is 5.91 Å². The molecule has 3 amide bonds. The van der Waals surface area contributed by atoms with Gasteiger partial charge < -0.3 is 15.0 Å². The summed E-state index contributed by atoms with van der Waals surface area (Å²) in [6.45, 7) is 2.67. The minimum Gasteiger partial charge on any atom is -0.497 e. The van der Waals surface area contributed by atoms with Crippen LogP contribution in [0.3, 0.4) is 0 Å². The van der Waals surface area contributed by atoms with Gasteiger partial charge in [0.15, 0.2) is 0 Å². The second-order valence-electron chi connectivity index (χ2n) is 6.28. The first-order chi connectivity index (χ1) is 13.0. The van der Waals surface area contributed by atoms with Gasteiger partial charge in [-0.15, -0.1) is 0 Å². The number of rotatable bonds is 5. The van der Waals surface area contributed by atoms with Crippen molar-refractivity contribution in [2.75, 3.05) is 30.0 Å². The number of nitrogens with one attached hydrogen (secondary N) is 1. The van der Waals surface area contributed by atoms with Crippen molar-refractivity contribution in [2.24, 2.45) is 0 Å². The fraction of sp³-hybridized carbons (Fsp3) is 0.300. The largest absolute Gasteiger partial charge is 0.497 e. The third-order valence-corrected chi connectivity index (χ3v) is 4.52. The van der Waals surface area contributed by atoms with Crippen molar-refractivity contribution < 1.29 is 18.7 Å². The molecule has 2 aromatic carbocycles. The maximum absolute atomic E-state index is 13.4. The van der Waals surface area contributed by atoms with Crippen LogP contribution in [0.4, 0.5) is 20.6 Å². The van der Waals surface area contributed by atoms with Crippen LogP contribution in [0.2, 0.25) is 0 Å². The quantitative estimate of drug-likeness (QED) is 0.878. The lowest BCUT2D eigenvalue weighted by Gasteiger charge is -2.24. The Hall–Kier alpha value is -3.09. The molecule has 6 nitrogen and oxygen atoms in total. The van der Waals surface area contributed by atoms with Crippen LogP contribution in [0.15, 0.2) is 48.5 Å². The molecule has 27 heavy (non-hydrogen) atoms. The Morgan fingerprint density at radius 2 is 2.04 bits per heavy atom. The summed E-state index contributed by atoms with van der Waals surface area (Å²) in [5, 5.41) is 2.90. The van der Waals surface area contributed by atoms with Crippen LogP contribution in [0.1, 0.15) is 13.3 Å². The summed E-state index contributed by atoms with van der Waals surface area (Å²) >= 11 is 0. The highest BCUT2D eigenvalue weighted by atomic mass is 19.1. The third kappa shape index (κ3) is 4.19. The van der Waals surface area contributed by atoms with E-state index in [4.69, 9.17) is 4.74 Å². The Morgan fingerprint density at radius 1 is 1.30 bits per heavy atom. The molecule has 2 aromatic rings. The molecule has 3 rings (SSSR count). The standard InChI is InChI=1S/C20H22FN3O3/c1-3-23(16-7-9-18(27-2)10-8-16)20(26)22-15-12-19(25)24(13-15)17-6-4-5-14(21)11-17/h4-11,15H,3,12-13H2,1-2H3,(H,22,26)/t15-/m0/s1. The van der Waals surface area contributed by atoms with Gasteiger partial charge in [0.25, 0.3) is 0 Å². The number of hydrogen-bond donors (Lipinski definition) is 1. The van der Waals surface area contributed by atoms with Crippen molar-refractivity contribution in [2.45, 2.75) is 19.4 Å². The molecule has 0 unspecified atom stereocenters. The zero-order valence-corrected chi connectivity index (χ0v) is 15.3. The monoisotopic (exact) mass is 371 g/mol. The van der Waals surface area contributed by atoms with Crippen molar-refractivity contribution in [3.63, 3.8) is 0 Å². The van der Waals surface area contributed by atoms with Gasteiger partial charge in [-0.05, 0) is 49.4 Å². The van der Waals surface area contributed by atoms with Crippen molar-refractivity contribution in [3.05, 3.63) is 54.3 Å². The van der Waals surface area contributed by atoms with Crippen molar-refractivity contribution in [1.82, 2.24) is 5.32 Å². The predicted octanol–water partition coefficient (Wildman–Crippen LogP) is 3.18. The smallest absolute Gasteiger partial charge is 0.322 e. The Kier molecular flexibility index (Phi) is 5.59. The predicted molar refractivity (Wildman–Crippen MR) is 102 cm³/mol. The van der Waals surface area contributed by atoms with Crippen LogP contribution in [0.25, 0.3) is 0 Å². The van der Waals surface area contributed by atoms with Gasteiger partial charge >= 0.3 is 6.03 Å². The fourth-order valence-corrected chi connectivity index (χ4v) is 3.16. The Balaban J connectivity index is 1.67. The van der Waals surface area contributed by atoms with E-state index in [-0.39, 0.29) is 24.4 Å². The van der Waals surface area contributed by atoms with Gasteiger partial charge in [-0.1, -0.05) is 6.07 Å². The first kappa shape index (κ1) is 18.7. The average molecular weight is 371 g/mol. The van der Waals surface area contributed by atoms with Crippen LogP contribution >= 0.6 is 0 Å². The van der Waals surface area contributed by atoms with E-state index >= 15 is 0 Å². The summed E-state index contributed by atoms with van der Waals surface area (Å²) < 4.78 is 18.6. The summed E-state index contributed by atoms with van der Waals surface area (Å²) in [5.74, 6) is 0.171. The lowest BCUT2D eigenvalue weighted by Crippen LogP contribution is -2.46. The van der Waals surface area contributed by atoms with E-state index in [1.807, 2.05) is 6.92 Å². The van der Waals surface area contributed by atoms with E-state index in [0.717, 1.165) is 5.69 Å². The van der Waals surface area contributed by atoms with E-state index in [0.29, 0.717) is 24.5 Å². The molecule has 0 spiro atoms. The number of nitrogens with zero attached hydrogens (tertiary/aromatic N) is 2. The lowest BCUT2D eigenvalue weighted by atomic mass is 10.2. The van der Waals surface area contributed by atoms with Crippen LogP contribution in [-0.4, -0.2) is 38.2 Å². The number of hydrogen-bond acceptors (Lipinski definition) is 3. The van der Waals surface area contributed by atoms with Gasteiger partial charge in [-0.3, -0.25) is 9.69 Å². The number of halogens is 1. The fourth-order valence-electron chi connectivity index (χ4n) is 3.16. The molecule has 7 heteroatoms. The van der Waals surface area contributed by atoms with Crippen molar-refractivity contribution in [3.8, 4) is 5.75 Å². The molecular weight excluding hydrogens is 349 g/mol. The number of carbonyl (C=O) groups excluding carboxylic acids is 2. The molecule has 0 aliphatic carbocycles. The number of benzene rings is 2. The van der Waals surface area contributed by atoms with Gasteiger partial charge in [-0.2, -0.15) is 0 Å². The normalized spacial score (nSPS) is 16.3. The molecule has 1 N–H and O–H groups in total. The molecule has 1 saturated heterocycles. The Labute approximate surface area is 157 Å². The van der Waals surface area contributed by atoms with E-state index in [1.54, 1.807) is 48.4 Å². The minimum absolute atomic E-state index is 0.140. The highest BCUT2D eigenvalue weighted by Gasteiger charge is 2.32. The summed E-state index contributed by atoms with van der Waals surface area (Å²) in [6.07, 6.45) is 0.183. The molecule has 1 atom stereocenters. The first-order valence-electron chi connectivity index (χ1n) is 8.80. The number of ether oxygens (including phenoxy) is 1. The summed E-state index contributed by atoms with van der Waals surface area (Å²) in [4.78, 5) is 28.1. The minimum atomic E-state index is -0.399. The first-order valence-corrected chi connectivity index (χ1v) is 8.80. The SMILES string of the molecule is CCN(C(=O)N[C@H]1CC(=O)N(c2cccc(F)c2)C1)c1ccc(OC)cc1. The van der Waals surface area contributed by atoms with Crippen molar-refractivity contribution in [1.29, 1.82) is 0 Å². The highest BCUT2D eigenvalue weighted by Crippen LogP contribution is 2.23. The molecule has 0 aromatic heterocycles. The van der Waals surface area contributed by atoms with E-state index in [9.17, 15) is 14.0 Å². The molecular formula is C20H22FN3O3. The van der Waals surface area contributed by atoms with Gasteiger partial charge in [0.1, 0.15) is 11.6 Å². The number of anilines is 2. The average Bonchev–Trinajstić information content (AvgIpc) is 3.03. The maximum atomic E-state index is 13.4. The van der Waals surface area contributed by atoms with Crippen LogP contribution < -0.4 is 19.9 Å². The summed E-state index contributed by atoms with van der Waals surface area (Å²) in [7, 11) is 1.58. The van der Waals surface area contributed by atoms with Crippen LogP contribution in [0, 0.1) is 5.82 Å². The van der Waals surface area contributed by atoms with Gasteiger partial charge in [0, 0.05) is 30.9 Å². The zero-order valence-electron chi connectivity index (χ0n) is 15.3. The van der Waals surface area contributed by atoms with E-state index in [1.165, 1.54) is 17.0 Å². The molecule has 1 fully saturated rings. The van der Waals surface area contributed by atoms with E-state index < -0.39 is 5.82 Å². The van der Waals surface area contributed by atoms with Gasteiger partial charge in [0.05, 0.1) is 13.2 Å². The summed E-state index contributed by atoms with van der Waals surface area (Å²) in [5.41, 5.74) is 1.24. The van der Waals surface area contributed by atoms with Crippen molar-refractivity contribution >= 4 is 23.3 Å². The number of urea groups is 1. The topological polar surface area (TPSA) is 61.9 Å². The van der Waals surface area contributed by atoms with E-state index in [2.05, 4.69) is 5.32 Å². The molecule has 1 aliphatic rings. The second-order valence-corrected chi connectivity index (χ2v) is 6.28.